The lowest BCUT2D eigenvalue weighted by molar-refractivity contribution is 0.361. The van der Waals surface area contributed by atoms with Crippen molar-refractivity contribution in [3.63, 3.8) is 0 Å². The molecule has 0 atom stereocenters. The molecule has 0 saturated heterocycles. The minimum absolute atomic E-state index is 0.506. The molecule has 4 aliphatic carbocycles. The zero-order valence-electron chi connectivity index (χ0n) is 38.4. The van der Waals surface area contributed by atoms with Gasteiger partial charge in [-0.05, 0) is 137 Å². The predicted octanol–water partition coefficient (Wildman–Crippen LogP) is 17.4. The molecule has 0 aromatic heterocycles. The average molecular weight is 904 g/mol. The molecule has 11 aromatic carbocycles. The third kappa shape index (κ3) is 4.92. The van der Waals surface area contributed by atoms with Gasteiger partial charge in [0.15, 0.2) is 23.0 Å². The molecule has 0 amide bonds. The van der Waals surface area contributed by atoms with E-state index in [1.54, 1.807) is 0 Å². The number of fused-ring (bicyclic) bond motifs is 23. The SMILES string of the molecule is c1ccc(-c2ccc(N(c3ccc4c(c3)C3(c5ccccc5-c5ccccc53)c3ccccc3-4)c3cccc4c3Oc3c(ccc5c3-c3ccccc3C53c5ccccc5-c5ccccc53)O4)cc2)cc1. The summed E-state index contributed by atoms with van der Waals surface area (Å²) in [5, 5.41) is 0. The lowest BCUT2D eigenvalue weighted by Gasteiger charge is -2.33. The van der Waals surface area contributed by atoms with Crippen LogP contribution < -0.4 is 14.4 Å². The van der Waals surface area contributed by atoms with Crippen molar-refractivity contribution < 1.29 is 9.47 Å². The summed E-state index contributed by atoms with van der Waals surface area (Å²) < 4.78 is 14.6. The summed E-state index contributed by atoms with van der Waals surface area (Å²) in [6, 6.07) is 91.1. The molecule has 71 heavy (non-hydrogen) atoms. The minimum Gasteiger partial charge on any atom is -0.449 e. The molecule has 1 aliphatic heterocycles. The minimum atomic E-state index is -0.515. The van der Waals surface area contributed by atoms with Gasteiger partial charge >= 0.3 is 0 Å². The topological polar surface area (TPSA) is 21.7 Å². The van der Waals surface area contributed by atoms with Crippen molar-refractivity contribution in [2.24, 2.45) is 0 Å². The van der Waals surface area contributed by atoms with Gasteiger partial charge in [0.25, 0.3) is 0 Å². The molecule has 3 nitrogen and oxygen atoms in total. The van der Waals surface area contributed by atoms with E-state index in [1.807, 2.05) is 6.07 Å². The number of hydrogen-bond acceptors (Lipinski definition) is 3. The zero-order chi connectivity index (χ0) is 46.4. The van der Waals surface area contributed by atoms with Crippen molar-refractivity contribution in [2.45, 2.75) is 10.8 Å². The van der Waals surface area contributed by atoms with Crippen molar-refractivity contribution >= 4 is 17.1 Å². The number of nitrogens with zero attached hydrogens (tertiary/aromatic N) is 1. The van der Waals surface area contributed by atoms with Crippen LogP contribution in [0.25, 0.3) is 55.6 Å². The number of benzene rings is 11. The van der Waals surface area contributed by atoms with E-state index in [0.29, 0.717) is 17.2 Å². The van der Waals surface area contributed by atoms with E-state index in [9.17, 15) is 0 Å². The molecule has 330 valence electrons. The molecule has 0 fully saturated rings. The van der Waals surface area contributed by atoms with E-state index in [-0.39, 0.29) is 0 Å². The molecule has 3 heteroatoms. The quantitative estimate of drug-likeness (QED) is 0.176. The molecule has 5 aliphatic rings. The summed E-state index contributed by atoms with van der Waals surface area (Å²) in [6.07, 6.45) is 0. The highest BCUT2D eigenvalue weighted by Crippen LogP contribution is 2.68. The number of para-hydroxylation sites is 1. The maximum atomic E-state index is 7.57. The van der Waals surface area contributed by atoms with E-state index in [0.717, 1.165) is 39.5 Å². The molecule has 0 saturated carbocycles. The molecule has 2 spiro atoms. The van der Waals surface area contributed by atoms with Gasteiger partial charge in [-0.25, -0.2) is 0 Å². The fourth-order valence-corrected chi connectivity index (χ4v) is 13.5. The largest absolute Gasteiger partial charge is 0.449 e. The van der Waals surface area contributed by atoms with Crippen LogP contribution in [0.3, 0.4) is 0 Å². The van der Waals surface area contributed by atoms with Gasteiger partial charge in [0, 0.05) is 16.9 Å². The predicted molar refractivity (Wildman–Crippen MR) is 286 cm³/mol. The van der Waals surface area contributed by atoms with Crippen LogP contribution >= 0.6 is 0 Å². The van der Waals surface area contributed by atoms with E-state index >= 15 is 0 Å². The van der Waals surface area contributed by atoms with Crippen molar-refractivity contribution in [1.82, 2.24) is 0 Å². The summed E-state index contributed by atoms with van der Waals surface area (Å²) in [4.78, 5) is 2.37. The van der Waals surface area contributed by atoms with E-state index in [1.165, 1.54) is 83.5 Å². The van der Waals surface area contributed by atoms with Crippen molar-refractivity contribution in [3.8, 4) is 78.6 Å². The highest BCUT2D eigenvalue weighted by atomic mass is 16.6. The van der Waals surface area contributed by atoms with Crippen LogP contribution in [0.15, 0.2) is 249 Å². The summed E-state index contributed by atoms with van der Waals surface area (Å²) in [5.41, 5.74) is 24.3. The highest BCUT2D eigenvalue weighted by molar-refractivity contribution is 6.00. The lowest BCUT2D eigenvalue weighted by Crippen LogP contribution is -2.26. The van der Waals surface area contributed by atoms with Gasteiger partial charge in [-0.15, -0.1) is 0 Å². The van der Waals surface area contributed by atoms with Gasteiger partial charge in [-0.3, -0.25) is 0 Å². The summed E-state index contributed by atoms with van der Waals surface area (Å²) in [5.74, 6) is 2.77. The average Bonchev–Trinajstić information content (AvgIpc) is 4.13. The van der Waals surface area contributed by atoms with Crippen molar-refractivity contribution in [2.75, 3.05) is 4.90 Å². The van der Waals surface area contributed by atoms with Crippen LogP contribution in [0.1, 0.15) is 44.5 Å². The van der Waals surface area contributed by atoms with Gasteiger partial charge in [0.2, 0.25) is 0 Å². The normalized spacial score (nSPS) is 14.4. The molecular weight excluding hydrogens is 863 g/mol. The van der Waals surface area contributed by atoms with E-state index in [2.05, 4.69) is 248 Å². The molecule has 1 heterocycles. The number of rotatable bonds is 4. The van der Waals surface area contributed by atoms with Gasteiger partial charge in [0.1, 0.15) is 0 Å². The Bertz CT molecular complexity index is 3960. The van der Waals surface area contributed by atoms with Crippen LogP contribution in [-0.2, 0) is 10.8 Å². The Morgan fingerprint density at radius 2 is 0.704 bits per heavy atom. The molecule has 0 N–H and O–H groups in total. The van der Waals surface area contributed by atoms with Crippen LogP contribution in [-0.4, -0.2) is 0 Å². The Hall–Kier alpha value is -9.18. The number of anilines is 3. The molecular formula is C68H41NO2. The number of hydrogen-bond donors (Lipinski definition) is 0. The molecule has 16 rings (SSSR count). The monoisotopic (exact) mass is 903 g/mol. The lowest BCUT2D eigenvalue weighted by atomic mass is 9.70. The highest BCUT2D eigenvalue weighted by Gasteiger charge is 2.54. The maximum absolute atomic E-state index is 7.57. The second-order valence-corrected chi connectivity index (χ2v) is 19.4. The Morgan fingerprint density at radius 1 is 0.268 bits per heavy atom. The fraction of sp³-hybridized carbons (Fsp3) is 0.0294. The van der Waals surface area contributed by atoms with Crippen LogP contribution in [0.5, 0.6) is 23.0 Å². The first-order chi connectivity index (χ1) is 35.2. The smallest absolute Gasteiger partial charge is 0.194 e. The van der Waals surface area contributed by atoms with Crippen LogP contribution in [0.2, 0.25) is 0 Å². The Labute approximate surface area is 412 Å². The first-order valence-electron chi connectivity index (χ1n) is 24.6. The van der Waals surface area contributed by atoms with Gasteiger partial charge < -0.3 is 14.4 Å². The Morgan fingerprint density at radius 3 is 1.27 bits per heavy atom. The first kappa shape index (κ1) is 38.8. The van der Waals surface area contributed by atoms with Crippen molar-refractivity contribution in [3.05, 3.63) is 293 Å². The molecule has 0 bridgehead atoms. The first-order valence-corrected chi connectivity index (χ1v) is 24.6. The van der Waals surface area contributed by atoms with Gasteiger partial charge in [0.05, 0.1) is 16.5 Å². The standard InChI is InChI=1S/C68H41NO2/c1-2-17-42(18-3-1)43-33-35-44(36-34-43)69(45-37-38-51-50-23-8-14-29-57(50)68(60(51)41-45)55-27-12-6-21-48(55)49-22-7-13-28-56(49)68)61-31-16-32-62-65(61)71-66-63(70-62)40-39-59-64(66)52-24-9-15-30-58(52)67(59)53-25-10-4-19-46(53)47-20-5-11-26-54(47)67/h1-41H. The summed E-state index contributed by atoms with van der Waals surface area (Å²) in [7, 11) is 0. The van der Waals surface area contributed by atoms with Gasteiger partial charge in [-0.2, -0.15) is 0 Å². The fourth-order valence-electron chi connectivity index (χ4n) is 13.5. The van der Waals surface area contributed by atoms with E-state index in [4.69, 9.17) is 9.47 Å². The maximum Gasteiger partial charge on any atom is 0.194 e. The second kappa shape index (κ2) is 14.2. The van der Waals surface area contributed by atoms with Crippen molar-refractivity contribution in [1.29, 1.82) is 0 Å². The Kier molecular flexibility index (Phi) is 7.75. The van der Waals surface area contributed by atoms with Gasteiger partial charge in [-0.1, -0.05) is 206 Å². The summed E-state index contributed by atoms with van der Waals surface area (Å²) >= 11 is 0. The van der Waals surface area contributed by atoms with Crippen LogP contribution in [0, 0.1) is 0 Å². The summed E-state index contributed by atoms with van der Waals surface area (Å²) in [6.45, 7) is 0. The second-order valence-electron chi connectivity index (χ2n) is 19.4. The molecule has 0 radical (unpaired) electrons. The number of ether oxygens (including phenoxy) is 2. The third-order valence-electron chi connectivity index (χ3n) is 16.2. The third-order valence-corrected chi connectivity index (χ3v) is 16.2. The van der Waals surface area contributed by atoms with E-state index < -0.39 is 10.8 Å². The Balaban J connectivity index is 0.918. The molecule has 11 aromatic rings. The zero-order valence-corrected chi connectivity index (χ0v) is 38.4. The molecule has 0 unspecified atom stereocenters. The van der Waals surface area contributed by atoms with Crippen LogP contribution in [0.4, 0.5) is 17.1 Å².